The maximum absolute atomic E-state index is 3.63. The van der Waals surface area contributed by atoms with E-state index in [0.29, 0.717) is 6.04 Å². The first-order chi connectivity index (χ1) is 9.15. The molecule has 0 spiro atoms. The van der Waals surface area contributed by atoms with E-state index < -0.39 is 0 Å². The van der Waals surface area contributed by atoms with Gasteiger partial charge in [0.25, 0.3) is 0 Å². The van der Waals surface area contributed by atoms with Gasteiger partial charge in [0, 0.05) is 35.8 Å². The molecule has 2 fully saturated rings. The van der Waals surface area contributed by atoms with Crippen LogP contribution in [0, 0.1) is 5.92 Å². The Morgan fingerprint density at radius 1 is 1.32 bits per heavy atom. The topological polar surface area (TPSA) is 15.3 Å². The Bertz CT molecular complexity index is 452. The van der Waals surface area contributed by atoms with Crippen LogP contribution in [0.5, 0.6) is 0 Å². The zero-order chi connectivity index (χ0) is 13.4. The van der Waals surface area contributed by atoms with Gasteiger partial charge in [-0.15, -0.1) is 0 Å². The highest BCUT2D eigenvalue weighted by molar-refractivity contribution is 9.10. The lowest BCUT2D eigenvalue weighted by molar-refractivity contribution is 0.603. The Labute approximate surface area is 124 Å². The van der Waals surface area contributed by atoms with Gasteiger partial charge in [0.2, 0.25) is 0 Å². The SMILES string of the molecule is CC(C1CC1)N(C)c1cc(Br)ccc1CNC1CC1. The summed E-state index contributed by atoms with van der Waals surface area (Å²) in [6.07, 6.45) is 5.49. The summed E-state index contributed by atoms with van der Waals surface area (Å²) >= 11 is 3.61. The zero-order valence-electron chi connectivity index (χ0n) is 11.8. The van der Waals surface area contributed by atoms with Crippen molar-refractivity contribution in [1.82, 2.24) is 5.32 Å². The van der Waals surface area contributed by atoms with Crippen molar-refractivity contribution < 1.29 is 0 Å². The molecular formula is C16H23BrN2. The van der Waals surface area contributed by atoms with Gasteiger partial charge in [-0.2, -0.15) is 0 Å². The van der Waals surface area contributed by atoms with Crippen molar-refractivity contribution in [3.63, 3.8) is 0 Å². The van der Waals surface area contributed by atoms with Crippen molar-refractivity contribution in [2.24, 2.45) is 5.92 Å². The first kappa shape index (κ1) is 13.4. The van der Waals surface area contributed by atoms with Crippen molar-refractivity contribution in [3.8, 4) is 0 Å². The molecule has 0 radical (unpaired) electrons. The molecule has 2 nitrogen and oxygen atoms in total. The fourth-order valence-corrected chi connectivity index (χ4v) is 3.02. The molecule has 0 bridgehead atoms. The number of hydrogen-bond acceptors (Lipinski definition) is 2. The van der Waals surface area contributed by atoms with Crippen LogP contribution in [0.15, 0.2) is 22.7 Å². The standard InChI is InChI=1S/C16H23BrN2/c1-11(12-3-4-12)19(2)16-9-14(17)6-5-13(16)10-18-15-7-8-15/h5-6,9,11-12,15,18H,3-4,7-8,10H2,1-2H3. The van der Waals surface area contributed by atoms with Crippen LogP contribution in [0.3, 0.4) is 0 Å². The van der Waals surface area contributed by atoms with E-state index in [1.54, 1.807) is 0 Å². The smallest absolute Gasteiger partial charge is 0.0423 e. The number of benzene rings is 1. The van der Waals surface area contributed by atoms with Crippen molar-refractivity contribution >= 4 is 21.6 Å². The largest absolute Gasteiger partial charge is 0.371 e. The monoisotopic (exact) mass is 322 g/mol. The second-order valence-electron chi connectivity index (χ2n) is 6.12. The highest BCUT2D eigenvalue weighted by Crippen LogP contribution is 2.37. The van der Waals surface area contributed by atoms with Gasteiger partial charge in [0.05, 0.1) is 0 Å². The van der Waals surface area contributed by atoms with E-state index in [2.05, 4.69) is 58.3 Å². The van der Waals surface area contributed by atoms with Gasteiger partial charge in [0.1, 0.15) is 0 Å². The van der Waals surface area contributed by atoms with Gasteiger partial charge in [-0.1, -0.05) is 22.0 Å². The highest BCUT2D eigenvalue weighted by Gasteiger charge is 2.31. The third-order valence-electron chi connectivity index (χ3n) is 4.50. The van der Waals surface area contributed by atoms with Crippen LogP contribution in [0.2, 0.25) is 0 Å². The predicted octanol–water partition coefficient (Wildman–Crippen LogP) is 3.94. The molecule has 0 heterocycles. The Kier molecular flexibility index (Phi) is 3.86. The van der Waals surface area contributed by atoms with E-state index in [1.807, 2.05) is 0 Å². The van der Waals surface area contributed by atoms with Gasteiger partial charge in [-0.05, 0) is 56.2 Å². The molecule has 2 aliphatic rings. The first-order valence-corrected chi connectivity index (χ1v) is 8.19. The minimum atomic E-state index is 0.647. The third kappa shape index (κ3) is 3.32. The molecule has 1 atom stereocenters. The second kappa shape index (κ2) is 5.45. The summed E-state index contributed by atoms with van der Waals surface area (Å²) in [4.78, 5) is 2.46. The molecule has 104 valence electrons. The molecule has 1 N–H and O–H groups in total. The molecule has 3 heteroatoms. The summed E-state index contributed by atoms with van der Waals surface area (Å²) in [5.74, 6) is 0.897. The average molecular weight is 323 g/mol. The van der Waals surface area contributed by atoms with Crippen LogP contribution in [-0.2, 0) is 6.54 Å². The quantitative estimate of drug-likeness (QED) is 0.853. The van der Waals surface area contributed by atoms with E-state index in [9.17, 15) is 0 Å². The molecule has 2 aliphatic carbocycles. The summed E-state index contributed by atoms with van der Waals surface area (Å²) in [7, 11) is 2.24. The lowest BCUT2D eigenvalue weighted by Crippen LogP contribution is -2.32. The highest BCUT2D eigenvalue weighted by atomic mass is 79.9. The Morgan fingerprint density at radius 3 is 2.68 bits per heavy atom. The van der Waals surface area contributed by atoms with Gasteiger partial charge >= 0.3 is 0 Å². The van der Waals surface area contributed by atoms with E-state index in [0.717, 1.165) is 18.5 Å². The van der Waals surface area contributed by atoms with Crippen molar-refractivity contribution in [1.29, 1.82) is 0 Å². The Hall–Kier alpha value is -0.540. The summed E-state index contributed by atoms with van der Waals surface area (Å²) < 4.78 is 1.17. The molecular weight excluding hydrogens is 300 g/mol. The maximum atomic E-state index is 3.63. The average Bonchev–Trinajstić information content (AvgIpc) is 3.28. The van der Waals surface area contributed by atoms with Crippen LogP contribution in [0.4, 0.5) is 5.69 Å². The van der Waals surface area contributed by atoms with Gasteiger partial charge < -0.3 is 10.2 Å². The predicted molar refractivity (Wildman–Crippen MR) is 84.6 cm³/mol. The number of nitrogens with one attached hydrogen (secondary N) is 1. The molecule has 1 aromatic rings. The molecule has 1 unspecified atom stereocenters. The normalized spacial score (nSPS) is 20.4. The van der Waals surface area contributed by atoms with Crippen LogP contribution in [0.1, 0.15) is 38.2 Å². The van der Waals surface area contributed by atoms with Crippen molar-refractivity contribution in [2.45, 2.75) is 51.2 Å². The van der Waals surface area contributed by atoms with Crippen LogP contribution in [-0.4, -0.2) is 19.1 Å². The number of hydrogen-bond donors (Lipinski definition) is 1. The van der Waals surface area contributed by atoms with Crippen molar-refractivity contribution in [3.05, 3.63) is 28.2 Å². The molecule has 3 rings (SSSR count). The molecule has 1 aromatic carbocycles. The lowest BCUT2D eigenvalue weighted by Gasteiger charge is -2.29. The van der Waals surface area contributed by atoms with Gasteiger partial charge in [-0.3, -0.25) is 0 Å². The third-order valence-corrected chi connectivity index (χ3v) is 4.99. The van der Waals surface area contributed by atoms with E-state index in [4.69, 9.17) is 0 Å². The van der Waals surface area contributed by atoms with E-state index >= 15 is 0 Å². The Morgan fingerprint density at radius 2 is 2.05 bits per heavy atom. The van der Waals surface area contributed by atoms with Crippen LogP contribution >= 0.6 is 15.9 Å². The summed E-state index contributed by atoms with van der Waals surface area (Å²) in [6, 6.07) is 8.09. The molecule has 19 heavy (non-hydrogen) atoms. The second-order valence-corrected chi connectivity index (χ2v) is 7.03. The van der Waals surface area contributed by atoms with E-state index in [1.165, 1.54) is 41.4 Å². The molecule has 0 saturated heterocycles. The van der Waals surface area contributed by atoms with E-state index in [-0.39, 0.29) is 0 Å². The molecule has 0 amide bonds. The van der Waals surface area contributed by atoms with Crippen LogP contribution in [0.25, 0.3) is 0 Å². The molecule has 0 aliphatic heterocycles. The minimum absolute atomic E-state index is 0.647. The zero-order valence-corrected chi connectivity index (χ0v) is 13.4. The lowest BCUT2D eigenvalue weighted by atomic mass is 10.1. The number of rotatable bonds is 6. The fourth-order valence-electron chi connectivity index (χ4n) is 2.67. The maximum Gasteiger partial charge on any atom is 0.0423 e. The summed E-state index contributed by atoms with van der Waals surface area (Å²) in [5, 5.41) is 3.63. The fraction of sp³-hybridized carbons (Fsp3) is 0.625. The van der Waals surface area contributed by atoms with Crippen molar-refractivity contribution in [2.75, 3.05) is 11.9 Å². The first-order valence-electron chi connectivity index (χ1n) is 7.40. The Balaban J connectivity index is 1.77. The van der Waals surface area contributed by atoms with Crippen LogP contribution < -0.4 is 10.2 Å². The summed E-state index contributed by atoms with van der Waals surface area (Å²) in [5.41, 5.74) is 2.80. The summed E-state index contributed by atoms with van der Waals surface area (Å²) in [6.45, 7) is 3.35. The number of nitrogens with zero attached hydrogens (tertiary/aromatic N) is 1. The molecule has 2 saturated carbocycles. The molecule has 0 aromatic heterocycles. The minimum Gasteiger partial charge on any atom is -0.371 e. The number of halogens is 1. The number of anilines is 1. The van der Waals surface area contributed by atoms with Gasteiger partial charge in [-0.25, -0.2) is 0 Å². The van der Waals surface area contributed by atoms with Gasteiger partial charge in [0.15, 0.2) is 0 Å².